The molecule has 0 amide bonds. The van der Waals surface area contributed by atoms with E-state index < -0.39 is 0 Å². The standard InChI is InChI=1S/C11H16N2OS/c1-13-6-3-2-4-10(13)11-12-9(5-7-14)8-15-11/h7-8,10H,2-6H2,1H3. The van der Waals surface area contributed by atoms with Crippen molar-refractivity contribution in [2.45, 2.75) is 31.7 Å². The van der Waals surface area contributed by atoms with Gasteiger partial charge in [0, 0.05) is 11.8 Å². The summed E-state index contributed by atoms with van der Waals surface area (Å²) in [6.07, 6.45) is 5.15. The molecule has 0 bridgehead atoms. The number of rotatable bonds is 3. The van der Waals surface area contributed by atoms with E-state index >= 15 is 0 Å². The average molecular weight is 224 g/mol. The lowest BCUT2D eigenvalue weighted by atomic mass is 10.0. The van der Waals surface area contributed by atoms with Gasteiger partial charge in [0.15, 0.2) is 0 Å². The van der Waals surface area contributed by atoms with E-state index in [2.05, 4.69) is 16.9 Å². The molecule has 2 rings (SSSR count). The number of carbonyl (C=O) groups excluding carboxylic acids is 1. The topological polar surface area (TPSA) is 33.2 Å². The molecule has 1 aliphatic heterocycles. The summed E-state index contributed by atoms with van der Waals surface area (Å²) >= 11 is 1.69. The van der Waals surface area contributed by atoms with Gasteiger partial charge in [0.1, 0.15) is 11.3 Å². The van der Waals surface area contributed by atoms with Gasteiger partial charge in [-0.1, -0.05) is 6.42 Å². The minimum Gasteiger partial charge on any atom is -0.303 e. The Labute approximate surface area is 94.1 Å². The van der Waals surface area contributed by atoms with Gasteiger partial charge in [-0.15, -0.1) is 11.3 Å². The second-order valence-corrected chi connectivity index (χ2v) is 4.93. The van der Waals surface area contributed by atoms with Gasteiger partial charge in [-0.3, -0.25) is 4.90 Å². The van der Waals surface area contributed by atoms with Crippen LogP contribution in [0.2, 0.25) is 0 Å². The Morgan fingerprint density at radius 1 is 1.67 bits per heavy atom. The average Bonchev–Trinajstić information content (AvgIpc) is 2.68. The molecule has 4 heteroatoms. The van der Waals surface area contributed by atoms with Gasteiger partial charge >= 0.3 is 0 Å². The van der Waals surface area contributed by atoms with E-state index in [9.17, 15) is 4.79 Å². The van der Waals surface area contributed by atoms with E-state index in [1.807, 2.05) is 5.38 Å². The summed E-state index contributed by atoms with van der Waals surface area (Å²) in [5, 5.41) is 3.18. The zero-order chi connectivity index (χ0) is 10.7. The Hall–Kier alpha value is -0.740. The summed E-state index contributed by atoms with van der Waals surface area (Å²) in [7, 11) is 2.16. The maximum Gasteiger partial charge on any atom is 0.125 e. The second-order valence-electron chi connectivity index (χ2n) is 4.04. The quantitative estimate of drug-likeness (QED) is 0.737. The molecule has 1 unspecified atom stereocenters. The number of hydrogen-bond donors (Lipinski definition) is 0. The molecule has 0 aromatic carbocycles. The highest BCUT2D eigenvalue weighted by atomic mass is 32.1. The van der Waals surface area contributed by atoms with Crippen LogP contribution in [0.5, 0.6) is 0 Å². The number of piperidine rings is 1. The van der Waals surface area contributed by atoms with Gasteiger partial charge in [-0.05, 0) is 26.4 Å². The Balaban J connectivity index is 2.09. The summed E-state index contributed by atoms with van der Waals surface area (Å²) < 4.78 is 0. The molecule has 0 radical (unpaired) electrons. The van der Waals surface area contributed by atoms with E-state index in [-0.39, 0.29) is 0 Å². The normalized spacial score (nSPS) is 22.9. The number of nitrogens with zero attached hydrogens (tertiary/aromatic N) is 2. The number of carbonyl (C=O) groups is 1. The minimum atomic E-state index is 0.451. The van der Waals surface area contributed by atoms with Gasteiger partial charge in [0.05, 0.1) is 11.7 Å². The molecule has 15 heavy (non-hydrogen) atoms. The molecule has 0 spiro atoms. The molecule has 0 N–H and O–H groups in total. The predicted octanol–water partition coefficient (Wildman–Crippen LogP) is 2.04. The summed E-state index contributed by atoms with van der Waals surface area (Å²) in [6, 6.07) is 0.476. The lowest BCUT2D eigenvalue weighted by Gasteiger charge is -2.30. The summed E-state index contributed by atoms with van der Waals surface area (Å²) in [6.45, 7) is 1.16. The van der Waals surface area contributed by atoms with E-state index in [1.54, 1.807) is 11.3 Å². The molecular weight excluding hydrogens is 208 g/mol. The molecule has 1 aromatic rings. The van der Waals surface area contributed by atoms with Crippen molar-refractivity contribution in [1.29, 1.82) is 0 Å². The van der Waals surface area contributed by atoms with Crippen LogP contribution < -0.4 is 0 Å². The van der Waals surface area contributed by atoms with Crippen LogP contribution >= 0.6 is 11.3 Å². The summed E-state index contributed by atoms with van der Waals surface area (Å²) in [5.74, 6) is 0. The van der Waals surface area contributed by atoms with Gasteiger partial charge in [0.25, 0.3) is 0 Å². The van der Waals surface area contributed by atoms with Crippen molar-refractivity contribution in [2.75, 3.05) is 13.6 Å². The maximum absolute atomic E-state index is 10.4. The number of likely N-dealkylation sites (tertiary alicyclic amines) is 1. The molecule has 1 aliphatic rings. The summed E-state index contributed by atoms with van der Waals surface area (Å²) in [4.78, 5) is 17.3. The van der Waals surface area contributed by atoms with E-state index in [0.29, 0.717) is 12.5 Å². The van der Waals surface area contributed by atoms with E-state index in [1.165, 1.54) is 24.3 Å². The van der Waals surface area contributed by atoms with Crippen LogP contribution in [0, 0.1) is 0 Å². The number of hydrogen-bond acceptors (Lipinski definition) is 4. The van der Waals surface area contributed by atoms with Crippen molar-refractivity contribution in [3.8, 4) is 0 Å². The smallest absolute Gasteiger partial charge is 0.125 e. The number of thiazole rings is 1. The monoisotopic (exact) mass is 224 g/mol. The van der Waals surface area contributed by atoms with Crippen molar-refractivity contribution < 1.29 is 4.79 Å². The highest BCUT2D eigenvalue weighted by Crippen LogP contribution is 2.31. The lowest BCUT2D eigenvalue weighted by Crippen LogP contribution is -2.29. The van der Waals surface area contributed by atoms with Crippen LogP contribution in [0.4, 0.5) is 0 Å². The van der Waals surface area contributed by atoms with Gasteiger partial charge in [-0.25, -0.2) is 4.98 Å². The first-order valence-corrected chi connectivity index (χ1v) is 6.27. The van der Waals surface area contributed by atoms with Crippen molar-refractivity contribution in [3.05, 3.63) is 16.1 Å². The maximum atomic E-state index is 10.4. The molecule has 3 nitrogen and oxygen atoms in total. The molecule has 1 saturated heterocycles. The Morgan fingerprint density at radius 2 is 2.53 bits per heavy atom. The third kappa shape index (κ3) is 2.44. The molecule has 0 saturated carbocycles. The fraction of sp³-hybridized carbons (Fsp3) is 0.636. The third-order valence-corrected chi connectivity index (χ3v) is 3.91. The van der Waals surface area contributed by atoms with E-state index in [0.717, 1.165) is 18.5 Å². The SMILES string of the molecule is CN1CCCCC1c1nc(CC=O)cs1. The van der Waals surface area contributed by atoms with Crippen LogP contribution in [0.25, 0.3) is 0 Å². The molecular formula is C11H16N2OS. The number of aromatic nitrogens is 1. The molecule has 1 fully saturated rings. The van der Waals surface area contributed by atoms with Crippen molar-refractivity contribution in [3.63, 3.8) is 0 Å². The highest BCUT2D eigenvalue weighted by molar-refractivity contribution is 7.09. The van der Waals surface area contributed by atoms with Crippen LogP contribution in [-0.2, 0) is 11.2 Å². The third-order valence-electron chi connectivity index (χ3n) is 2.92. The molecule has 0 aliphatic carbocycles. The molecule has 1 aromatic heterocycles. The lowest BCUT2D eigenvalue weighted by molar-refractivity contribution is -0.107. The Bertz CT molecular complexity index is 337. The van der Waals surface area contributed by atoms with Gasteiger partial charge in [-0.2, -0.15) is 0 Å². The first-order valence-electron chi connectivity index (χ1n) is 5.39. The van der Waals surface area contributed by atoms with Crippen molar-refractivity contribution >= 4 is 17.6 Å². The Kier molecular flexibility index (Phi) is 3.49. The first kappa shape index (κ1) is 10.8. The van der Waals surface area contributed by atoms with Crippen LogP contribution in [0.3, 0.4) is 0 Å². The van der Waals surface area contributed by atoms with Crippen LogP contribution in [0.15, 0.2) is 5.38 Å². The highest BCUT2D eigenvalue weighted by Gasteiger charge is 2.23. The number of aldehydes is 1. The molecule has 2 heterocycles. The van der Waals surface area contributed by atoms with E-state index in [4.69, 9.17) is 0 Å². The van der Waals surface area contributed by atoms with Gasteiger partial charge < -0.3 is 4.79 Å². The van der Waals surface area contributed by atoms with Gasteiger partial charge in [0.2, 0.25) is 0 Å². The molecule has 82 valence electrons. The fourth-order valence-corrected chi connectivity index (χ4v) is 3.07. The zero-order valence-corrected chi connectivity index (χ0v) is 9.80. The van der Waals surface area contributed by atoms with Crippen LogP contribution in [0.1, 0.15) is 36.0 Å². The second kappa shape index (κ2) is 4.86. The van der Waals surface area contributed by atoms with Crippen LogP contribution in [-0.4, -0.2) is 29.8 Å². The fourth-order valence-electron chi connectivity index (χ4n) is 2.04. The molecule has 1 atom stereocenters. The van der Waals surface area contributed by atoms with Crippen molar-refractivity contribution in [2.24, 2.45) is 0 Å². The van der Waals surface area contributed by atoms with Crippen molar-refractivity contribution in [1.82, 2.24) is 9.88 Å². The minimum absolute atomic E-state index is 0.451. The summed E-state index contributed by atoms with van der Waals surface area (Å²) in [5.41, 5.74) is 0.920. The predicted molar refractivity (Wildman–Crippen MR) is 61.1 cm³/mol. The zero-order valence-electron chi connectivity index (χ0n) is 8.98. The first-order chi connectivity index (χ1) is 7.31. The Morgan fingerprint density at radius 3 is 3.27 bits per heavy atom. The largest absolute Gasteiger partial charge is 0.303 e.